The van der Waals surface area contributed by atoms with Crippen LogP contribution in [0.4, 0.5) is 0 Å². The van der Waals surface area contributed by atoms with Crippen molar-refractivity contribution in [2.45, 2.75) is 43.4 Å². The van der Waals surface area contributed by atoms with Crippen LogP contribution in [0.15, 0.2) is 24.3 Å². The number of benzene rings is 1. The van der Waals surface area contributed by atoms with Crippen molar-refractivity contribution < 1.29 is 14.6 Å². The molecule has 0 aromatic heterocycles. The Morgan fingerprint density at radius 2 is 2.23 bits per heavy atom. The van der Waals surface area contributed by atoms with Crippen molar-refractivity contribution in [3.05, 3.63) is 35.4 Å². The molecule has 1 aromatic rings. The minimum atomic E-state index is -0.419. The molecule has 1 aliphatic carbocycles. The van der Waals surface area contributed by atoms with Gasteiger partial charge in [0.1, 0.15) is 6.10 Å². The summed E-state index contributed by atoms with van der Waals surface area (Å²) in [7, 11) is 3.86. The maximum atomic E-state index is 10.0. The standard InChI is InChI=1S/C18H23NO3/c1-11-13-4-5-14(21-3)17-16(13)18(8-9-19(11)2)7-6-12(20)10-15(18)22-17/h4-7,11-12,15,20H,8-10H2,1-3H3/t11?,12?,15-,18?/m1/s1. The second-order valence-electron chi connectivity index (χ2n) is 6.78. The Balaban J connectivity index is 1.98. The van der Waals surface area contributed by atoms with Gasteiger partial charge in [0.2, 0.25) is 0 Å². The first kappa shape index (κ1) is 14.1. The van der Waals surface area contributed by atoms with Crippen LogP contribution in [0, 0.1) is 0 Å². The summed E-state index contributed by atoms with van der Waals surface area (Å²) in [6.45, 7) is 3.26. The third kappa shape index (κ3) is 1.71. The molecule has 1 N–H and O–H groups in total. The molecule has 1 spiro atoms. The average Bonchev–Trinajstić information content (AvgIpc) is 2.80. The number of methoxy groups -OCH3 is 1. The van der Waals surface area contributed by atoms with Gasteiger partial charge in [0.15, 0.2) is 11.5 Å². The molecular weight excluding hydrogens is 278 g/mol. The average molecular weight is 301 g/mol. The zero-order valence-electron chi connectivity index (χ0n) is 13.4. The van der Waals surface area contributed by atoms with Gasteiger partial charge < -0.3 is 14.6 Å². The highest BCUT2D eigenvalue weighted by atomic mass is 16.5. The number of aliphatic hydroxyl groups excluding tert-OH is 1. The van der Waals surface area contributed by atoms with E-state index in [0.717, 1.165) is 24.5 Å². The van der Waals surface area contributed by atoms with Gasteiger partial charge in [-0.05, 0) is 38.6 Å². The van der Waals surface area contributed by atoms with E-state index in [1.165, 1.54) is 11.1 Å². The van der Waals surface area contributed by atoms with E-state index in [1.807, 2.05) is 12.1 Å². The van der Waals surface area contributed by atoms with Crippen LogP contribution in [0.2, 0.25) is 0 Å². The largest absolute Gasteiger partial charge is 0.493 e. The van der Waals surface area contributed by atoms with Crippen molar-refractivity contribution in [1.29, 1.82) is 0 Å². The number of ether oxygens (including phenoxy) is 2. The van der Waals surface area contributed by atoms with Crippen LogP contribution in [0.3, 0.4) is 0 Å². The first-order valence-corrected chi connectivity index (χ1v) is 8.02. The Kier molecular flexibility index (Phi) is 3.03. The summed E-state index contributed by atoms with van der Waals surface area (Å²) in [6, 6.07) is 4.53. The Labute approximate surface area is 131 Å². The van der Waals surface area contributed by atoms with Crippen molar-refractivity contribution in [3.8, 4) is 11.5 Å². The Hall–Kier alpha value is -1.52. The summed E-state index contributed by atoms with van der Waals surface area (Å²) in [5.74, 6) is 1.68. The topological polar surface area (TPSA) is 41.9 Å². The fourth-order valence-corrected chi connectivity index (χ4v) is 4.28. The van der Waals surface area contributed by atoms with E-state index in [9.17, 15) is 5.11 Å². The minimum absolute atomic E-state index is 0.00347. The maximum Gasteiger partial charge on any atom is 0.166 e. The number of aliphatic hydroxyl groups is 1. The molecule has 4 nitrogen and oxygen atoms in total. The fourth-order valence-electron chi connectivity index (χ4n) is 4.28. The summed E-state index contributed by atoms with van der Waals surface area (Å²) < 4.78 is 11.8. The second kappa shape index (κ2) is 4.74. The molecule has 0 amide bonds. The fraction of sp³-hybridized carbons (Fsp3) is 0.556. The van der Waals surface area contributed by atoms with Crippen molar-refractivity contribution in [1.82, 2.24) is 4.90 Å². The highest BCUT2D eigenvalue weighted by molar-refractivity contribution is 5.61. The van der Waals surface area contributed by atoms with Crippen molar-refractivity contribution in [2.75, 3.05) is 20.7 Å². The lowest BCUT2D eigenvalue weighted by Crippen LogP contribution is -2.42. The van der Waals surface area contributed by atoms with E-state index in [2.05, 4.69) is 31.0 Å². The molecule has 3 aliphatic rings. The molecule has 0 saturated heterocycles. The molecule has 3 unspecified atom stereocenters. The molecule has 2 aliphatic heterocycles. The Morgan fingerprint density at radius 3 is 3.00 bits per heavy atom. The monoisotopic (exact) mass is 301 g/mol. The predicted octanol–water partition coefficient (Wildman–Crippen LogP) is 2.41. The minimum Gasteiger partial charge on any atom is -0.493 e. The number of rotatable bonds is 1. The Bertz CT molecular complexity index is 641. The van der Waals surface area contributed by atoms with E-state index >= 15 is 0 Å². The van der Waals surface area contributed by atoms with E-state index in [-0.39, 0.29) is 11.5 Å². The molecule has 0 bridgehead atoms. The van der Waals surface area contributed by atoms with Crippen LogP contribution in [-0.2, 0) is 5.41 Å². The zero-order valence-corrected chi connectivity index (χ0v) is 13.4. The predicted molar refractivity (Wildman–Crippen MR) is 84.5 cm³/mol. The van der Waals surface area contributed by atoms with Gasteiger partial charge in [0.05, 0.1) is 18.6 Å². The van der Waals surface area contributed by atoms with Crippen LogP contribution in [-0.4, -0.2) is 42.9 Å². The van der Waals surface area contributed by atoms with Gasteiger partial charge in [-0.2, -0.15) is 0 Å². The number of hydrogen-bond donors (Lipinski definition) is 1. The second-order valence-corrected chi connectivity index (χ2v) is 6.78. The van der Waals surface area contributed by atoms with E-state index in [1.54, 1.807) is 7.11 Å². The summed E-state index contributed by atoms with van der Waals surface area (Å²) in [5, 5.41) is 10.0. The molecule has 4 heteroatoms. The van der Waals surface area contributed by atoms with Crippen LogP contribution >= 0.6 is 0 Å². The van der Waals surface area contributed by atoms with Gasteiger partial charge >= 0.3 is 0 Å². The molecule has 1 aromatic carbocycles. The van der Waals surface area contributed by atoms with Crippen LogP contribution in [0.5, 0.6) is 11.5 Å². The normalized spacial score (nSPS) is 36.3. The molecule has 0 saturated carbocycles. The SMILES string of the molecule is COc1ccc2c3c1O[C@@H]1CC(O)C=CC31CCN(C)C2C. The van der Waals surface area contributed by atoms with Gasteiger partial charge in [-0.25, -0.2) is 0 Å². The molecule has 2 heterocycles. The van der Waals surface area contributed by atoms with E-state index in [0.29, 0.717) is 12.5 Å². The summed E-state index contributed by atoms with van der Waals surface area (Å²) in [5.41, 5.74) is 2.47. The summed E-state index contributed by atoms with van der Waals surface area (Å²) in [4.78, 5) is 2.39. The molecule has 4 rings (SSSR count). The van der Waals surface area contributed by atoms with Gasteiger partial charge in [-0.15, -0.1) is 0 Å². The lowest BCUT2D eigenvalue weighted by molar-refractivity contribution is 0.0813. The number of nitrogens with zero attached hydrogens (tertiary/aromatic N) is 1. The summed E-state index contributed by atoms with van der Waals surface area (Å²) in [6.07, 6.45) is 5.36. The third-order valence-corrected chi connectivity index (χ3v) is 5.73. The lowest BCUT2D eigenvalue weighted by atomic mass is 9.69. The maximum absolute atomic E-state index is 10.0. The quantitative estimate of drug-likeness (QED) is 0.809. The van der Waals surface area contributed by atoms with E-state index in [4.69, 9.17) is 9.47 Å². The first-order valence-electron chi connectivity index (χ1n) is 8.02. The molecular formula is C18H23NO3. The number of hydrogen-bond acceptors (Lipinski definition) is 4. The summed E-state index contributed by atoms with van der Waals surface area (Å²) >= 11 is 0. The molecule has 0 fully saturated rings. The zero-order chi connectivity index (χ0) is 15.5. The first-order chi connectivity index (χ1) is 10.6. The van der Waals surface area contributed by atoms with Gasteiger partial charge in [-0.1, -0.05) is 18.2 Å². The highest BCUT2D eigenvalue weighted by Crippen LogP contribution is 2.57. The van der Waals surface area contributed by atoms with Crippen molar-refractivity contribution in [2.24, 2.45) is 0 Å². The van der Waals surface area contributed by atoms with Gasteiger partial charge in [-0.3, -0.25) is 4.90 Å². The molecule has 22 heavy (non-hydrogen) atoms. The Morgan fingerprint density at radius 1 is 1.41 bits per heavy atom. The molecule has 4 atom stereocenters. The molecule has 118 valence electrons. The van der Waals surface area contributed by atoms with Crippen LogP contribution < -0.4 is 9.47 Å². The van der Waals surface area contributed by atoms with Crippen molar-refractivity contribution in [3.63, 3.8) is 0 Å². The van der Waals surface area contributed by atoms with Gasteiger partial charge in [0, 0.05) is 18.0 Å². The highest BCUT2D eigenvalue weighted by Gasteiger charge is 2.53. The molecule has 0 radical (unpaired) electrons. The van der Waals surface area contributed by atoms with Crippen LogP contribution in [0.1, 0.15) is 36.9 Å². The van der Waals surface area contributed by atoms with Crippen LogP contribution in [0.25, 0.3) is 0 Å². The third-order valence-electron chi connectivity index (χ3n) is 5.73. The smallest absolute Gasteiger partial charge is 0.166 e. The van der Waals surface area contributed by atoms with E-state index < -0.39 is 6.10 Å². The van der Waals surface area contributed by atoms with Gasteiger partial charge in [0.25, 0.3) is 0 Å². The van der Waals surface area contributed by atoms with Crippen molar-refractivity contribution >= 4 is 0 Å². The lowest BCUT2D eigenvalue weighted by Gasteiger charge is -2.35.